The molecule has 0 saturated heterocycles. The molecule has 1 N–H and O–H groups in total. The number of anilines is 1. The van der Waals surface area contributed by atoms with Gasteiger partial charge in [-0.25, -0.2) is 8.42 Å². The summed E-state index contributed by atoms with van der Waals surface area (Å²) < 4.78 is 32.5. The van der Waals surface area contributed by atoms with Gasteiger partial charge in [-0.15, -0.1) is 0 Å². The number of methoxy groups -OCH3 is 1. The lowest BCUT2D eigenvalue weighted by Gasteiger charge is -2.33. The van der Waals surface area contributed by atoms with Crippen molar-refractivity contribution >= 4 is 43.5 Å². The third-order valence-electron chi connectivity index (χ3n) is 5.26. The molecule has 0 radical (unpaired) electrons. The van der Waals surface area contributed by atoms with Crippen LogP contribution in [0.3, 0.4) is 0 Å². The van der Waals surface area contributed by atoms with E-state index < -0.39 is 34.1 Å². The van der Waals surface area contributed by atoms with Gasteiger partial charge in [-0.3, -0.25) is 13.9 Å². The number of carbonyl (C=O) groups excluding carboxylic acids is 2. The lowest BCUT2D eigenvalue weighted by Crippen LogP contribution is -2.54. The van der Waals surface area contributed by atoms with Gasteiger partial charge >= 0.3 is 0 Å². The van der Waals surface area contributed by atoms with Gasteiger partial charge in [0.15, 0.2) is 0 Å². The molecular weight excluding hydrogens is 534 g/mol. The normalized spacial score (nSPS) is 12.6. The number of halogens is 1. The summed E-state index contributed by atoms with van der Waals surface area (Å²) in [6, 6.07) is 11.4. The number of nitrogens with one attached hydrogen (secondary N) is 1. The van der Waals surface area contributed by atoms with Gasteiger partial charge in [0.2, 0.25) is 21.8 Å². The van der Waals surface area contributed by atoms with Gasteiger partial charge in [0, 0.05) is 16.6 Å². The molecule has 0 spiro atoms. The van der Waals surface area contributed by atoms with E-state index >= 15 is 0 Å². The number of hydrogen-bond donors (Lipinski definition) is 1. The molecule has 2 aromatic rings. The number of benzene rings is 2. The second-order valence-electron chi connectivity index (χ2n) is 9.49. The standard InChI is InChI=1S/C25H34BrN3O5S/c1-17-13-20(11-12-22(17)26)29(35(7,32)33)16-23(30)28(18(2)24(31)27-25(3,4)5)15-19-9-8-10-21(14-19)34-6/h8-14,18H,15-16H2,1-7H3,(H,27,31). The van der Waals surface area contributed by atoms with Crippen molar-refractivity contribution in [2.24, 2.45) is 0 Å². The molecule has 192 valence electrons. The van der Waals surface area contributed by atoms with E-state index in [2.05, 4.69) is 21.2 Å². The largest absolute Gasteiger partial charge is 0.497 e. The quantitative estimate of drug-likeness (QED) is 0.496. The minimum atomic E-state index is -3.78. The highest BCUT2D eigenvalue weighted by Crippen LogP contribution is 2.25. The molecule has 2 aromatic carbocycles. The van der Waals surface area contributed by atoms with E-state index in [9.17, 15) is 18.0 Å². The minimum Gasteiger partial charge on any atom is -0.497 e. The van der Waals surface area contributed by atoms with Crippen LogP contribution in [0.4, 0.5) is 5.69 Å². The summed E-state index contributed by atoms with van der Waals surface area (Å²) in [6.45, 7) is 8.69. The highest BCUT2D eigenvalue weighted by atomic mass is 79.9. The van der Waals surface area contributed by atoms with Crippen molar-refractivity contribution in [3.8, 4) is 5.75 Å². The van der Waals surface area contributed by atoms with Gasteiger partial charge in [0.1, 0.15) is 18.3 Å². The van der Waals surface area contributed by atoms with Crippen LogP contribution in [0.1, 0.15) is 38.8 Å². The van der Waals surface area contributed by atoms with Crippen molar-refractivity contribution in [2.75, 3.05) is 24.2 Å². The third-order valence-corrected chi connectivity index (χ3v) is 7.29. The number of sulfonamides is 1. The Balaban J connectivity index is 2.44. The van der Waals surface area contributed by atoms with Crippen LogP contribution < -0.4 is 14.4 Å². The van der Waals surface area contributed by atoms with Crippen molar-refractivity contribution in [3.63, 3.8) is 0 Å². The molecular formula is C25H34BrN3O5S. The fourth-order valence-electron chi connectivity index (χ4n) is 3.42. The zero-order chi connectivity index (χ0) is 26.6. The topological polar surface area (TPSA) is 96.0 Å². The maximum Gasteiger partial charge on any atom is 0.244 e. The Morgan fingerprint density at radius 2 is 1.80 bits per heavy atom. The second kappa shape index (κ2) is 11.4. The zero-order valence-electron chi connectivity index (χ0n) is 21.3. The fourth-order valence-corrected chi connectivity index (χ4v) is 4.51. The Hall–Kier alpha value is -2.59. The van der Waals surface area contributed by atoms with Crippen molar-refractivity contribution in [1.82, 2.24) is 10.2 Å². The van der Waals surface area contributed by atoms with Crippen LogP contribution >= 0.6 is 15.9 Å². The molecule has 0 bridgehead atoms. The van der Waals surface area contributed by atoms with Crippen LogP contribution in [0.2, 0.25) is 0 Å². The Morgan fingerprint density at radius 3 is 2.34 bits per heavy atom. The molecule has 0 saturated carbocycles. The van der Waals surface area contributed by atoms with Crippen molar-refractivity contribution in [1.29, 1.82) is 0 Å². The maximum atomic E-state index is 13.6. The summed E-state index contributed by atoms with van der Waals surface area (Å²) in [7, 11) is -2.24. The molecule has 8 nitrogen and oxygen atoms in total. The van der Waals surface area contributed by atoms with Crippen LogP contribution in [0, 0.1) is 6.92 Å². The van der Waals surface area contributed by atoms with Crippen LogP contribution in [0.25, 0.3) is 0 Å². The Morgan fingerprint density at radius 1 is 1.14 bits per heavy atom. The summed E-state index contributed by atoms with van der Waals surface area (Å²) in [5.74, 6) is -0.223. The molecule has 0 aromatic heterocycles. The number of rotatable bonds is 9. The van der Waals surface area contributed by atoms with Gasteiger partial charge in [0.05, 0.1) is 19.1 Å². The molecule has 35 heavy (non-hydrogen) atoms. The predicted octanol–water partition coefficient (Wildman–Crippen LogP) is 3.86. The highest BCUT2D eigenvalue weighted by Gasteiger charge is 2.31. The zero-order valence-corrected chi connectivity index (χ0v) is 23.7. The van der Waals surface area contributed by atoms with Gasteiger partial charge in [-0.1, -0.05) is 28.1 Å². The van der Waals surface area contributed by atoms with Crippen molar-refractivity contribution in [2.45, 2.75) is 52.7 Å². The molecule has 0 aliphatic rings. The number of amides is 2. The summed E-state index contributed by atoms with van der Waals surface area (Å²) in [5, 5.41) is 2.90. The maximum absolute atomic E-state index is 13.6. The van der Waals surface area contributed by atoms with Crippen LogP contribution in [-0.2, 0) is 26.2 Å². The average Bonchev–Trinajstić information content (AvgIpc) is 2.75. The van der Waals surface area contributed by atoms with E-state index in [-0.39, 0.29) is 12.5 Å². The molecule has 1 unspecified atom stereocenters. The van der Waals surface area contributed by atoms with Gasteiger partial charge in [-0.05, 0) is 76.1 Å². The van der Waals surface area contributed by atoms with E-state index in [1.165, 1.54) is 4.90 Å². The van der Waals surface area contributed by atoms with Gasteiger partial charge in [0.25, 0.3) is 0 Å². The monoisotopic (exact) mass is 567 g/mol. The smallest absolute Gasteiger partial charge is 0.244 e. The number of ether oxygens (including phenoxy) is 1. The van der Waals surface area contributed by atoms with Gasteiger partial charge < -0.3 is 15.0 Å². The van der Waals surface area contributed by atoms with E-state index in [1.807, 2.05) is 33.8 Å². The number of nitrogens with zero attached hydrogens (tertiary/aromatic N) is 2. The van der Waals surface area contributed by atoms with Crippen molar-refractivity contribution < 1.29 is 22.7 Å². The first-order valence-corrected chi connectivity index (χ1v) is 13.7. The number of carbonyl (C=O) groups is 2. The Labute approximate surface area is 216 Å². The lowest BCUT2D eigenvalue weighted by atomic mass is 10.1. The number of aryl methyl sites for hydroxylation is 1. The first-order valence-electron chi connectivity index (χ1n) is 11.1. The average molecular weight is 569 g/mol. The second-order valence-corrected chi connectivity index (χ2v) is 12.3. The molecule has 1 atom stereocenters. The molecule has 0 aliphatic carbocycles. The van der Waals surface area contributed by atoms with E-state index in [1.54, 1.807) is 50.4 Å². The minimum absolute atomic E-state index is 0.103. The predicted molar refractivity (Wildman–Crippen MR) is 142 cm³/mol. The molecule has 2 rings (SSSR count). The third kappa shape index (κ3) is 8.24. The molecule has 0 heterocycles. The molecule has 0 aliphatic heterocycles. The molecule has 0 fully saturated rings. The number of hydrogen-bond acceptors (Lipinski definition) is 5. The lowest BCUT2D eigenvalue weighted by molar-refractivity contribution is -0.140. The Bertz CT molecular complexity index is 1180. The summed E-state index contributed by atoms with van der Waals surface area (Å²) >= 11 is 3.41. The molecule has 2 amide bonds. The van der Waals surface area contributed by atoms with Crippen LogP contribution in [0.15, 0.2) is 46.9 Å². The first-order chi connectivity index (χ1) is 16.1. The Kier molecular flexibility index (Phi) is 9.36. The molecule has 10 heteroatoms. The van der Waals surface area contributed by atoms with E-state index in [0.717, 1.165) is 26.2 Å². The fraction of sp³-hybridized carbons (Fsp3) is 0.440. The van der Waals surface area contributed by atoms with E-state index in [0.29, 0.717) is 11.4 Å². The van der Waals surface area contributed by atoms with Gasteiger partial charge in [-0.2, -0.15) is 0 Å². The first kappa shape index (κ1) is 28.6. The van der Waals surface area contributed by atoms with Crippen molar-refractivity contribution in [3.05, 3.63) is 58.1 Å². The summed E-state index contributed by atoms with van der Waals surface area (Å²) in [5.41, 5.74) is 1.45. The summed E-state index contributed by atoms with van der Waals surface area (Å²) in [6.07, 6.45) is 1.06. The summed E-state index contributed by atoms with van der Waals surface area (Å²) in [4.78, 5) is 28.0. The van der Waals surface area contributed by atoms with Crippen LogP contribution in [0.5, 0.6) is 5.75 Å². The highest BCUT2D eigenvalue weighted by molar-refractivity contribution is 9.10. The van der Waals surface area contributed by atoms with Crippen LogP contribution in [-0.4, -0.2) is 56.6 Å². The van der Waals surface area contributed by atoms with E-state index in [4.69, 9.17) is 4.74 Å². The SMILES string of the molecule is COc1cccc(CN(C(=O)CN(c2ccc(Br)c(C)c2)S(C)(=O)=O)C(C)C(=O)NC(C)(C)C)c1.